The summed E-state index contributed by atoms with van der Waals surface area (Å²) in [5.41, 5.74) is 2.35. The van der Waals surface area contributed by atoms with E-state index in [1.54, 1.807) is 30.3 Å². The Morgan fingerprint density at radius 1 is 1.00 bits per heavy atom. The maximum Gasteiger partial charge on any atom is 0.416 e. The molecule has 0 aliphatic carbocycles. The highest BCUT2D eigenvalue weighted by molar-refractivity contribution is 7.99. The van der Waals surface area contributed by atoms with Gasteiger partial charge in [0.05, 0.1) is 39.9 Å². The highest BCUT2D eigenvalue weighted by Gasteiger charge is 2.34. The van der Waals surface area contributed by atoms with Crippen LogP contribution in [0.2, 0.25) is 0 Å². The molecule has 4 aromatic rings. The molecule has 41 heavy (non-hydrogen) atoms. The maximum atomic E-state index is 13.3. The van der Waals surface area contributed by atoms with Crippen LogP contribution in [0, 0.1) is 6.92 Å². The molecule has 1 aliphatic rings. The highest BCUT2D eigenvalue weighted by Crippen LogP contribution is 2.44. The van der Waals surface area contributed by atoms with Crippen molar-refractivity contribution < 1.29 is 27.5 Å². The van der Waals surface area contributed by atoms with Crippen LogP contribution >= 0.6 is 11.8 Å². The molecule has 5 rings (SSSR count). The van der Waals surface area contributed by atoms with Crippen molar-refractivity contribution in [1.82, 2.24) is 9.88 Å². The van der Waals surface area contributed by atoms with E-state index in [1.807, 2.05) is 32.0 Å². The zero-order chi connectivity index (χ0) is 29.3. The number of alkyl halides is 3. The summed E-state index contributed by atoms with van der Waals surface area (Å²) in [5.74, 6) is -0.0303. The van der Waals surface area contributed by atoms with E-state index in [4.69, 9.17) is 9.72 Å². The van der Waals surface area contributed by atoms with Crippen LogP contribution in [0.1, 0.15) is 51.7 Å². The molecule has 2 heterocycles. The predicted octanol–water partition coefficient (Wildman–Crippen LogP) is 7.60. The topological polar surface area (TPSA) is 71.5 Å². The van der Waals surface area contributed by atoms with E-state index in [2.05, 4.69) is 5.32 Å². The number of fused-ring (bicyclic) bond motifs is 2. The molecular weight excluding hydrogens is 551 g/mol. The van der Waals surface area contributed by atoms with E-state index < -0.39 is 11.7 Å². The molecule has 2 amide bonds. The highest BCUT2D eigenvalue weighted by atomic mass is 32.2. The summed E-state index contributed by atoms with van der Waals surface area (Å²) in [5, 5.41) is 4.23. The third kappa shape index (κ3) is 5.88. The van der Waals surface area contributed by atoms with Crippen molar-refractivity contribution in [2.45, 2.75) is 48.7 Å². The van der Waals surface area contributed by atoms with Crippen molar-refractivity contribution in [3.63, 3.8) is 0 Å². The van der Waals surface area contributed by atoms with Gasteiger partial charge in [0.15, 0.2) is 0 Å². The molecule has 0 fully saturated rings. The molecule has 0 bridgehead atoms. The Morgan fingerprint density at radius 3 is 2.37 bits per heavy atom. The van der Waals surface area contributed by atoms with Crippen molar-refractivity contribution in [3.8, 4) is 5.75 Å². The van der Waals surface area contributed by atoms with Gasteiger partial charge in [-0.3, -0.25) is 19.5 Å². The van der Waals surface area contributed by atoms with Gasteiger partial charge in [0.2, 0.25) is 0 Å². The monoisotopic (exact) mass is 579 g/mol. The molecule has 0 saturated heterocycles. The number of imide groups is 1. The van der Waals surface area contributed by atoms with Crippen molar-refractivity contribution >= 4 is 40.2 Å². The van der Waals surface area contributed by atoms with Gasteiger partial charge in [-0.05, 0) is 69.2 Å². The zero-order valence-corrected chi connectivity index (χ0v) is 23.5. The minimum Gasteiger partial charge on any atom is -0.495 e. The minimum absolute atomic E-state index is 0.0395. The molecule has 1 N–H and O–H groups in total. The van der Waals surface area contributed by atoms with Gasteiger partial charge in [-0.1, -0.05) is 30.0 Å². The van der Waals surface area contributed by atoms with Crippen LogP contribution in [0.25, 0.3) is 10.9 Å². The number of benzene rings is 3. The summed E-state index contributed by atoms with van der Waals surface area (Å²) in [6.07, 6.45) is -3.17. The third-order valence-electron chi connectivity index (χ3n) is 6.93. The van der Waals surface area contributed by atoms with Crippen LogP contribution in [0.5, 0.6) is 5.75 Å². The van der Waals surface area contributed by atoms with Crippen molar-refractivity contribution in [2.24, 2.45) is 0 Å². The number of amides is 2. The van der Waals surface area contributed by atoms with Crippen LogP contribution < -0.4 is 10.1 Å². The number of pyridine rings is 1. The molecule has 1 unspecified atom stereocenters. The fraction of sp³-hybridized carbons (Fsp3) is 0.258. The van der Waals surface area contributed by atoms with Crippen LogP contribution in [0.3, 0.4) is 0 Å². The largest absolute Gasteiger partial charge is 0.495 e. The molecule has 0 saturated carbocycles. The summed E-state index contributed by atoms with van der Waals surface area (Å²) < 4.78 is 45.6. The molecule has 0 spiro atoms. The Bertz CT molecular complexity index is 1610. The van der Waals surface area contributed by atoms with Gasteiger partial charge in [0.1, 0.15) is 5.75 Å². The molecule has 6 nitrogen and oxygen atoms in total. The van der Waals surface area contributed by atoms with Crippen molar-refractivity contribution in [3.05, 3.63) is 89.1 Å². The third-order valence-corrected chi connectivity index (χ3v) is 8.05. The SMILES string of the molecule is COc1cc(NC(C)CCCN2C(=O)c3ccccc3C2=O)c2nc(C)ccc2c1Sc1cccc(C(F)(F)F)c1. The molecule has 212 valence electrons. The summed E-state index contributed by atoms with van der Waals surface area (Å²) >= 11 is 1.19. The number of rotatable bonds is 9. The lowest BCUT2D eigenvalue weighted by molar-refractivity contribution is -0.137. The van der Waals surface area contributed by atoms with Gasteiger partial charge in [-0.2, -0.15) is 13.2 Å². The molecule has 0 radical (unpaired) electrons. The summed E-state index contributed by atoms with van der Waals surface area (Å²) in [6, 6.07) is 17.6. The number of aromatic nitrogens is 1. The van der Waals surface area contributed by atoms with E-state index in [0.29, 0.717) is 51.6 Å². The summed E-state index contributed by atoms with van der Waals surface area (Å²) in [6.45, 7) is 4.19. The molecule has 1 atom stereocenters. The number of ether oxygens (including phenoxy) is 1. The average molecular weight is 580 g/mol. The average Bonchev–Trinajstić information content (AvgIpc) is 3.19. The zero-order valence-electron chi connectivity index (χ0n) is 22.7. The molecule has 1 aromatic heterocycles. The Morgan fingerprint density at radius 2 is 1.71 bits per heavy atom. The second kappa shape index (κ2) is 11.4. The fourth-order valence-corrected chi connectivity index (χ4v) is 5.98. The number of hydrogen-bond acceptors (Lipinski definition) is 6. The molecule has 3 aromatic carbocycles. The van der Waals surface area contributed by atoms with Crippen LogP contribution in [-0.2, 0) is 6.18 Å². The van der Waals surface area contributed by atoms with Gasteiger partial charge < -0.3 is 10.1 Å². The second-order valence-corrected chi connectivity index (χ2v) is 11.0. The minimum atomic E-state index is -4.44. The summed E-state index contributed by atoms with van der Waals surface area (Å²) in [4.78, 5) is 32.5. The van der Waals surface area contributed by atoms with Gasteiger partial charge >= 0.3 is 6.18 Å². The standard InChI is InChI=1S/C31H28F3N3O3S/c1-18(8-7-15-37-29(38)22-11-4-5-12-23(22)30(37)39)35-25-17-26(40-3)28(24-14-13-19(2)36-27(24)25)41-21-10-6-9-20(16-21)31(32,33)34/h4-6,9-14,16-18,35H,7-8,15H2,1-3H3. The predicted molar refractivity (Wildman–Crippen MR) is 153 cm³/mol. The van der Waals surface area contributed by atoms with Gasteiger partial charge in [0.25, 0.3) is 11.8 Å². The number of carbonyl (C=O) groups excluding carboxylic acids is 2. The Balaban J connectivity index is 1.35. The van der Waals surface area contributed by atoms with Crippen molar-refractivity contribution in [1.29, 1.82) is 0 Å². The molecule has 10 heteroatoms. The molecule has 1 aliphatic heterocycles. The Labute approximate surface area is 239 Å². The van der Waals surface area contributed by atoms with Gasteiger partial charge in [0, 0.05) is 34.6 Å². The lowest BCUT2D eigenvalue weighted by Gasteiger charge is -2.21. The number of halogens is 3. The van der Waals surface area contributed by atoms with E-state index >= 15 is 0 Å². The number of hydrogen-bond donors (Lipinski definition) is 1. The second-order valence-electron chi connectivity index (χ2n) is 9.93. The Hall–Kier alpha value is -4.05. The summed E-state index contributed by atoms with van der Waals surface area (Å²) in [7, 11) is 1.52. The number of aryl methyl sites for hydroxylation is 1. The number of carbonyl (C=O) groups is 2. The first-order valence-electron chi connectivity index (χ1n) is 13.1. The lowest BCUT2D eigenvalue weighted by atomic mass is 10.1. The van der Waals surface area contributed by atoms with Crippen molar-refractivity contribution in [2.75, 3.05) is 19.0 Å². The van der Waals surface area contributed by atoms with Gasteiger partial charge in [-0.25, -0.2) is 0 Å². The number of methoxy groups -OCH3 is 1. The smallest absolute Gasteiger partial charge is 0.416 e. The van der Waals surface area contributed by atoms with Gasteiger partial charge in [-0.15, -0.1) is 0 Å². The van der Waals surface area contributed by atoms with E-state index in [0.717, 1.165) is 28.9 Å². The first kappa shape index (κ1) is 28.5. The van der Waals surface area contributed by atoms with E-state index in [9.17, 15) is 22.8 Å². The van der Waals surface area contributed by atoms with Crippen LogP contribution in [0.4, 0.5) is 18.9 Å². The first-order chi connectivity index (χ1) is 19.6. The number of nitrogens with zero attached hydrogens (tertiary/aromatic N) is 2. The lowest BCUT2D eigenvalue weighted by Crippen LogP contribution is -2.31. The number of anilines is 1. The van der Waals surface area contributed by atoms with E-state index in [-0.39, 0.29) is 17.9 Å². The van der Waals surface area contributed by atoms with Crippen LogP contribution in [0.15, 0.2) is 76.5 Å². The number of nitrogens with one attached hydrogen (secondary N) is 1. The molecular formula is C31H28F3N3O3S. The fourth-order valence-electron chi connectivity index (χ4n) is 4.90. The quantitative estimate of drug-likeness (QED) is 0.206. The Kier molecular flexibility index (Phi) is 7.95. The first-order valence-corrected chi connectivity index (χ1v) is 13.9. The maximum absolute atomic E-state index is 13.3. The van der Waals surface area contributed by atoms with Crippen LogP contribution in [-0.4, -0.2) is 41.4 Å². The van der Waals surface area contributed by atoms with E-state index in [1.165, 1.54) is 29.8 Å². The normalized spacial score (nSPS) is 14.0.